The summed E-state index contributed by atoms with van der Waals surface area (Å²) in [5.41, 5.74) is 2.53. The summed E-state index contributed by atoms with van der Waals surface area (Å²) in [5, 5.41) is 25.1. The molecule has 0 bridgehead atoms. The molecule has 1 aliphatic heterocycles. The summed E-state index contributed by atoms with van der Waals surface area (Å²) in [5.74, 6) is -1.82. The van der Waals surface area contributed by atoms with Gasteiger partial charge in [0.2, 0.25) is 5.82 Å². The molecule has 1 unspecified atom stereocenters. The first-order valence-corrected chi connectivity index (χ1v) is 10.9. The second-order valence-electron chi connectivity index (χ2n) is 8.26. The lowest BCUT2D eigenvalue weighted by Gasteiger charge is -2.28. The number of carbonyl (C=O) groups is 1. The van der Waals surface area contributed by atoms with E-state index in [1.54, 1.807) is 24.3 Å². The van der Waals surface area contributed by atoms with Gasteiger partial charge in [-0.25, -0.2) is 0 Å². The molecule has 8 nitrogen and oxygen atoms in total. The van der Waals surface area contributed by atoms with Crippen LogP contribution in [0.5, 0.6) is 5.75 Å². The van der Waals surface area contributed by atoms with E-state index in [1.807, 2.05) is 35.2 Å². The van der Waals surface area contributed by atoms with Crippen molar-refractivity contribution in [3.05, 3.63) is 76.9 Å². The molecule has 4 rings (SSSR count). The number of hydrogen-bond donors (Lipinski definition) is 1. The van der Waals surface area contributed by atoms with Gasteiger partial charge in [0.05, 0.1) is 25.0 Å². The first-order chi connectivity index (χ1) is 16.7. The van der Waals surface area contributed by atoms with Crippen LogP contribution in [-0.4, -0.2) is 37.3 Å². The van der Waals surface area contributed by atoms with Crippen LogP contribution in [0, 0.1) is 11.3 Å². The Morgan fingerprint density at radius 1 is 1.14 bits per heavy atom. The minimum Gasteiger partial charge on any atom is -0.489 e. The lowest BCUT2D eigenvalue weighted by molar-refractivity contribution is -0.148. The molecule has 1 aromatic heterocycles. The number of fused-ring (bicyclic) bond motifs is 1. The summed E-state index contributed by atoms with van der Waals surface area (Å²) in [6.45, 7) is 1.76. The van der Waals surface area contributed by atoms with Gasteiger partial charge in [-0.2, -0.15) is 18.4 Å². The SMILES string of the molecule is N#CC(CC(=O)O)c1ccc(OCc2cccc(CN3CCn4c(nnc4C(F)(F)F)C3)c2)cc1. The van der Waals surface area contributed by atoms with Gasteiger partial charge in [0.15, 0.2) is 0 Å². The zero-order valence-corrected chi connectivity index (χ0v) is 18.6. The Morgan fingerprint density at radius 3 is 2.57 bits per heavy atom. The Labute approximate surface area is 199 Å². The summed E-state index contributed by atoms with van der Waals surface area (Å²) in [6, 6.07) is 16.5. The molecule has 0 spiro atoms. The van der Waals surface area contributed by atoms with Crippen LogP contribution < -0.4 is 4.74 Å². The van der Waals surface area contributed by atoms with Crippen LogP contribution >= 0.6 is 0 Å². The Hall–Kier alpha value is -3.91. The van der Waals surface area contributed by atoms with Crippen molar-refractivity contribution < 1.29 is 27.8 Å². The molecule has 35 heavy (non-hydrogen) atoms. The number of hydrogen-bond acceptors (Lipinski definition) is 6. The number of benzene rings is 2. The van der Waals surface area contributed by atoms with Gasteiger partial charge in [-0.15, -0.1) is 10.2 Å². The number of nitrogens with zero attached hydrogens (tertiary/aromatic N) is 5. The number of alkyl halides is 3. The normalized spacial score (nSPS) is 14.7. The maximum Gasteiger partial charge on any atom is 0.451 e. The van der Waals surface area contributed by atoms with E-state index >= 15 is 0 Å². The minimum absolute atomic E-state index is 0.176. The van der Waals surface area contributed by atoms with Crippen molar-refractivity contribution in [2.45, 2.75) is 44.8 Å². The van der Waals surface area contributed by atoms with Crippen molar-refractivity contribution in [1.29, 1.82) is 5.26 Å². The maximum absolute atomic E-state index is 13.0. The highest BCUT2D eigenvalue weighted by atomic mass is 19.4. The van der Waals surface area contributed by atoms with Gasteiger partial charge >= 0.3 is 12.1 Å². The summed E-state index contributed by atoms with van der Waals surface area (Å²) >= 11 is 0. The Kier molecular flexibility index (Phi) is 7.02. The van der Waals surface area contributed by atoms with Crippen molar-refractivity contribution in [3.63, 3.8) is 0 Å². The molecule has 0 radical (unpaired) electrons. The van der Waals surface area contributed by atoms with Crippen LogP contribution in [0.3, 0.4) is 0 Å². The number of aliphatic carboxylic acids is 1. The molecule has 2 heterocycles. The Balaban J connectivity index is 1.34. The number of carboxylic acid groups (broad SMARTS) is 1. The van der Waals surface area contributed by atoms with Gasteiger partial charge in [0.25, 0.3) is 0 Å². The third-order valence-corrected chi connectivity index (χ3v) is 5.71. The van der Waals surface area contributed by atoms with E-state index in [9.17, 15) is 23.2 Å². The first-order valence-electron chi connectivity index (χ1n) is 10.9. The fourth-order valence-corrected chi connectivity index (χ4v) is 4.00. The molecule has 0 saturated heterocycles. The first kappa shape index (κ1) is 24.2. The average Bonchev–Trinajstić information content (AvgIpc) is 3.26. The number of rotatable bonds is 8. The maximum atomic E-state index is 13.0. The van der Waals surface area contributed by atoms with Gasteiger partial charge in [-0.3, -0.25) is 9.69 Å². The van der Waals surface area contributed by atoms with Crippen molar-refractivity contribution in [2.75, 3.05) is 6.54 Å². The zero-order chi connectivity index (χ0) is 25.0. The summed E-state index contributed by atoms with van der Waals surface area (Å²) < 4.78 is 46.0. The van der Waals surface area contributed by atoms with Gasteiger partial charge in [0.1, 0.15) is 18.2 Å². The smallest absolute Gasteiger partial charge is 0.451 e. The van der Waals surface area contributed by atoms with Gasteiger partial charge in [0, 0.05) is 19.6 Å². The van der Waals surface area contributed by atoms with Crippen molar-refractivity contribution in [3.8, 4) is 11.8 Å². The van der Waals surface area contributed by atoms with E-state index in [0.717, 1.165) is 15.7 Å². The average molecular weight is 485 g/mol. The monoisotopic (exact) mass is 485 g/mol. The number of aromatic nitrogens is 3. The quantitative estimate of drug-likeness (QED) is 0.515. The molecule has 11 heteroatoms. The van der Waals surface area contributed by atoms with Gasteiger partial charge in [-0.1, -0.05) is 36.4 Å². The summed E-state index contributed by atoms with van der Waals surface area (Å²) in [7, 11) is 0. The molecule has 1 N–H and O–H groups in total. The highest BCUT2D eigenvalue weighted by Crippen LogP contribution is 2.29. The highest BCUT2D eigenvalue weighted by molar-refractivity contribution is 5.68. The number of halogens is 3. The largest absolute Gasteiger partial charge is 0.489 e. The summed E-state index contributed by atoms with van der Waals surface area (Å²) in [4.78, 5) is 12.9. The fraction of sp³-hybridized carbons (Fsp3) is 0.333. The van der Waals surface area contributed by atoms with E-state index in [2.05, 4.69) is 10.2 Å². The van der Waals surface area contributed by atoms with Crippen LogP contribution in [0.1, 0.15) is 40.7 Å². The molecule has 182 valence electrons. The molecule has 1 aliphatic rings. The minimum atomic E-state index is -4.52. The van der Waals surface area contributed by atoms with Crippen LogP contribution in [0.4, 0.5) is 13.2 Å². The number of nitriles is 1. The van der Waals surface area contributed by atoms with Gasteiger partial charge in [-0.05, 0) is 28.8 Å². The standard InChI is InChI=1S/C24H22F3N5O3/c25-24(26,27)23-30-29-21-14-31(8-9-32(21)23)13-16-2-1-3-17(10-16)15-35-20-6-4-18(5-7-20)19(12-28)11-22(33)34/h1-7,10,19H,8-9,11,13-15H2,(H,33,34). The summed E-state index contributed by atoms with van der Waals surface area (Å²) in [6.07, 6.45) is -4.78. The van der Waals surface area contributed by atoms with Crippen LogP contribution in [0.25, 0.3) is 0 Å². The molecular formula is C24H22F3N5O3. The molecule has 0 aliphatic carbocycles. The number of ether oxygens (including phenoxy) is 1. The van der Waals surface area contributed by atoms with Crippen LogP contribution in [0.2, 0.25) is 0 Å². The molecule has 1 atom stereocenters. The third kappa shape index (κ3) is 5.96. The highest BCUT2D eigenvalue weighted by Gasteiger charge is 2.39. The van der Waals surface area contributed by atoms with E-state index in [-0.39, 0.29) is 19.5 Å². The van der Waals surface area contributed by atoms with Crippen molar-refractivity contribution in [2.24, 2.45) is 0 Å². The Bertz CT molecular complexity index is 1230. The second-order valence-corrected chi connectivity index (χ2v) is 8.26. The van der Waals surface area contributed by atoms with E-state index < -0.39 is 23.9 Å². The third-order valence-electron chi connectivity index (χ3n) is 5.71. The predicted octanol–water partition coefficient (Wildman–Crippen LogP) is 3.97. The lowest BCUT2D eigenvalue weighted by atomic mass is 9.97. The second kappa shape index (κ2) is 10.1. The van der Waals surface area contributed by atoms with E-state index in [1.165, 1.54) is 0 Å². The fourth-order valence-electron chi connectivity index (χ4n) is 4.00. The zero-order valence-electron chi connectivity index (χ0n) is 18.6. The van der Waals surface area contributed by atoms with Crippen LogP contribution in [-0.2, 0) is 37.2 Å². The number of carboxylic acids is 1. The Morgan fingerprint density at radius 2 is 1.89 bits per heavy atom. The molecule has 0 amide bonds. The van der Waals surface area contributed by atoms with Crippen molar-refractivity contribution >= 4 is 5.97 Å². The van der Waals surface area contributed by atoms with Gasteiger partial charge < -0.3 is 14.4 Å². The molecule has 0 saturated carbocycles. The lowest BCUT2D eigenvalue weighted by Crippen LogP contribution is -2.34. The topological polar surface area (TPSA) is 104 Å². The molecule has 3 aromatic rings. The van der Waals surface area contributed by atoms with E-state index in [4.69, 9.17) is 9.84 Å². The predicted molar refractivity (Wildman–Crippen MR) is 117 cm³/mol. The van der Waals surface area contributed by atoms with E-state index in [0.29, 0.717) is 36.8 Å². The van der Waals surface area contributed by atoms with Crippen LogP contribution in [0.15, 0.2) is 48.5 Å². The molecule has 2 aromatic carbocycles. The van der Waals surface area contributed by atoms with Crippen molar-refractivity contribution in [1.82, 2.24) is 19.7 Å². The molecule has 0 fully saturated rings. The molecular weight excluding hydrogens is 463 g/mol.